The summed E-state index contributed by atoms with van der Waals surface area (Å²) < 4.78 is 14.9. The molecule has 1 heterocycles. The Hall–Kier alpha value is -1.71. The summed E-state index contributed by atoms with van der Waals surface area (Å²) in [7, 11) is 4.74. The lowest BCUT2D eigenvalue weighted by molar-refractivity contribution is 0.341. The van der Waals surface area contributed by atoms with Gasteiger partial charge < -0.3 is 14.2 Å². The highest BCUT2D eigenvalue weighted by Crippen LogP contribution is 2.22. The summed E-state index contributed by atoms with van der Waals surface area (Å²) in [6.07, 6.45) is 4.99. The Morgan fingerprint density at radius 2 is 2.00 bits per heavy atom. The third-order valence-corrected chi connectivity index (χ3v) is 1.68. The summed E-state index contributed by atoms with van der Waals surface area (Å²) in [4.78, 5) is 4.05. The van der Waals surface area contributed by atoms with Gasteiger partial charge in [-0.2, -0.15) is 0 Å². The molecule has 0 aromatic carbocycles. The molecule has 0 unspecified atom stereocenters. The monoisotopic (exact) mass is 195 g/mol. The fourth-order valence-corrected chi connectivity index (χ4v) is 0.984. The first-order valence-electron chi connectivity index (χ1n) is 4.09. The molecule has 1 rings (SSSR count). The van der Waals surface area contributed by atoms with Crippen LogP contribution in [0.5, 0.6) is 11.6 Å². The molecule has 4 heteroatoms. The highest BCUT2D eigenvalue weighted by Gasteiger charge is 2.02. The van der Waals surface area contributed by atoms with Crippen molar-refractivity contribution in [2.45, 2.75) is 0 Å². The van der Waals surface area contributed by atoms with Crippen molar-refractivity contribution in [1.82, 2.24) is 4.98 Å². The van der Waals surface area contributed by atoms with Gasteiger partial charge in [0.05, 0.1) is 27.6 Å². The summed E-state index contributed by atoms with van der Waals surface area (Å²) in [5.41, 5.74) is 0.843. The number of ether oxygens (including phenoxy) is 3. The van der Waals surface area contributed by atoms with Gasteiger partial charge in [-0.25, -0.2) is 4.98 Å². The van der Waals surface area contributed by atoms with E-state index in [-0.39, 0.29) is 0 Å². The average Bonchev–Trinajstić information content (AvgIpc) is 2.26. The molecule has 76 valence electrons. The molecule has 0 aliphatic rings. The van der Waals surface area contributed by atoms with Crippen molar-refractivity contribution < 1.29 is 14.2 Å². The van der Waals surface area contributed by atoms with Crippen molar-refractivity contribution in [3.05, 3.63) is 24.1 Å². The SMILES string of the molecule is COC=Cc1cnc(OC)cc1OC. The summed E-state index contributed by atoms with van der Waals surface area (Å²) in [6.45, 7) is 0. The lowest BCUT2D eigenvalue weighted by Crippen LogP contribution is -1.92. The van der Waals surface area contributed by atoms with Crippen LogP contribution in [0.1, 0.15) is 5.56 Å². The van der Waals surface area contributed by atoms with Crippen LogP contribution in [-0.2, 0) is 4.74 Å². The Morgan fingerprint density at radius 3 is 2.57 bits per heavy atom. The second kappa shape index (κ2) is 5.11. The van der Waals surface area contributed by atoms with E-state index in [9.17, 15) is 0 Å². The normalized spacial score (nSPS) is 10.2. The van der Waals surface area contributed by atoms with Crippen LogP contribution in [0.4, 0.5) is 0 Å². The lowest BCUT2D eigenvalue weighted by Gasteiger charge is -2.05. The fourth-order valence-electron chi connectivity index (χ4n) is 0.984. The predicted octanol–water partition coefficient (Wildman–Crippen LogP) is 1.72. The molecular weight excluding hydrogens is 182 g/mol. The molecule has 0 fully saturated rings. The second-order valence-corrected chi connectivity index (χ2v) is 2.51. The van der Waals surface area contributed by atoms with E-state index in [0.29, 0.717) is 11.6 Å². The van der Waals surface area contributed by atoms with Gasteiger partial charge in [0.1, 0.15) is 5.75 Å². The number of methoxy groups -OCH3 is 3. The van der Waals surface area contributed by atoms with Crippen LogP contribution in [-0.4, -0.2) is 26.3 Å². The van der Waals surface area contributed by atoms with Crippen molar-refractivity contribution in [2.75, 3.05) is 21.3 Å². The lowest BCUT2D eigenvalue weighted by atomic mass is 10.2. The van der Waals surface area contributed by atoms with E-state index in [1.54, 1.807) is 45.9 Å². The highest BCUT2D eigenvalue weighted by atomic mass is 16.5. The number of pyridine rings is 1. The van der Waals surface area contributed by atoms with Crippen molar-refractivity contribution >= 4 is 6.08 Å². The molecule has 0 spiro atoms. The Kier molecular flexibility index (Phi) is 3.79. The minimum absolute atomic E-state index is 0.524. The number of rotatable bonds is 4. The van der Waals surface area contributed by atoms with Crippen molar-refractivity contribution in [3.8, 4) is 11.6 Å². The fraction of sp³-hybridized carbons (Fsp3) is 0.300. The van der Waals surface area contributed by atoms with Gasteiger partial charge in [0.2, 0.25) is 5.88 Å². The first-order chi connectivity index (χ1) is 6.81. The molecule has 0 aliphatic carbocycles. The van der Waals surface area contributed by atoms with Gasteiger partial charge in [-0.05, 0) is 6.08 Å². The largest absolute Gasteiger partial charge is 0.504 e. The molecule has 0 N–H and O–H groups in total. The van der Waals surface area contributed by atoms with Crippen LogP contribution in [0.25, 0.3) is 6.08 Å². The molecule has 1 aromatic rings. The summed E-state index contributed by atoms with van der Waals surface area (Å²) in [5, 5.41) is 0. The Morgan fingerprint density at radius 1 is 1.21 bits per heavy atom. The minimum Gasteiger partial charge on any atom is -0.504 e. The molecule has 0 amide bonds. The Labute approximate surface area is 83.1 Å². The maximum Gasteiger partial charge on any atom is 0.216 e. The van der Waals surface area contributed by atoms with Crippen LogP contribution in [0.2, 0.25) is 0 Å². The maximum absolute atomic E-state index is 5.16. The zero-order chi connectivity index (χ0) is 10.4. The first-order valence-corrected chi connectivity index (χ1v) is 4.09. The van der Waals surface area contributed by atoms with Crippen LogP contribution >= 0.6 is 0 Å². The molecule has 0 atom stereocenters. The van der Waals surface area contributed by atoms with E-state index in [1.807, 2.05) is 0 Å². The Balaban J connectivity index is 2.99. The molecule has 0 saturated heterocycles. The molecular formula is C10H13NO3. The van der Waals surface area contributed by atoms with Crippen LogP contribution in [0, 0.1) is 0 Å². The minimum atomic E-state index is 0.524. The van der Waals surface area contributed by atoms with E-state index in [0.717, 1.165) is 5.56 Å². The highest BCUT2D eigenvalue weighted by molar-refractivity contribution is 5.56. The molecule has 1 aromatic heterocycles. The zero-order valence-electron chi connectivity index (χ0n) is 8.48. The van der Waals surface area contributed by atoms with Gasteiger partial charge in [-0.3, -0.25) is 0 Å². The molecule has 0 aliphatic heterocycles. The van der Waals surface area contributed by atoms with E-state index in [1.165, 1.54) is 0 Å². The van der Waals surface area contributed by atoms with Crippen molar-refractivity contribution in [2.24, 2.45) is 0 Å². The van der Waals surface area contributed by atoms with E-state index < -0.39 is 0 Å². The zero-order valence-corrected chi connectivity index (χ0v) is 8.48. The van der Waals surface area contributed by atoms with Crippen LogP contribution in [0.3, 0.4) is 0 Å². The number of hydrogen-bond donors (Lipinski definition) is 0. The van der Waals surface area contributed by atoms with Crippen LogP contribution in [0.15, 0.2) is 18.5 Å². The van der Waals surface area contributed by atoms with Gasteiger partial charge in [-0.1, -0.05) is 0 Å². The molecule has 4 nitrogen and oxygen atoms in total. The molecule has 0 radical (unpaired) electrons. The molecule has 14 heavy (non-hydrogen) atoms. The standard InChI is InChI=1S/C10H13NO3/c1-12-5-4-8-7-11-10(14-3)6-9(8)13-2/h4-7H,1-3H3. The number of nitrogens with zero attached hydrogens (tertiary/aromatic N) is 1. The predicted molar refractivity (Wildman–Crippen MR) is 53.4 cm³/mol. The van der Waals surface area contributed by atoms with Gasteiger partial charge in [-0.15, -0.1) is 0 Å². The first kappa shape index (κ1) is 10.4. The quantitative estimate of drug-likeness (QED) is 0.686. The van der Waals surface area contributed by atoms with E-state index >= 15 is 0 Å². The topological polar surface area (TPSA) is 40.6 Å². The van der Waals surface area contributed by atoms with Crippen molar-refractivity contribution in [1.29, 1.82) is 0 Å². The summed E-state index contributed by atoms with van der Waals surface area (Å²) >= 11 is 0. The third-order valence-electron chi connectivity index (χ3n) is 1.68. The average molecular weight is 195 g/mol. The summed E-state index contributed by atoms with van der Waals surface area (Å²) in [6, 6.07) is 1.72. The molecule has 0 bridgehead atoms. The number of hydrogen-bond acceptors (Lipinski definition) is 4. The second-order valence-electron chi connectivity index (χ2n) is 2.51. The maximum atomic E-state index is 5.16. The van der Waals surface area contributed by atoms with Gasteiger partial charge >= 0.3 is 0 Å². The van der Waals surface area contributed by atoms with Gasteiger partial charge in [0.15, 0.2) is 0 Å². The van der Waals surface area contributed by atoms with Gasteiger partial charge in [0.25, 0.3) is 0 Å². The van der Waals surface area contributed by atoms with Crippen molar-refractivity contribution in [3.63, 3.8) is 0 Å². The van der Waals surface area contributed by atoms with Gasteiger partial charge in [0, 0.05) is 17.8 Å². The van der Waals surface area contributed by atoms with E-state index in [4.69, 9.17) is 14.2 Å². The summed E-state index contributed by atoms with van der Waals surface area (Å²) in [5.74, 6) is 1.22. The smallest absolute Gasteiger partial charge is 0.216 e. The Bertz CT molecular complexity index is 323. The molecule has 0 saturated carbocycles. The third kappa shape index (κ3) is 2.39. The van der Waals surface area contributed by atoms with Crippen LogP contribution < -0.4 is 9.47 Å². The van der Waals surface area contributed by atoms with E-state index in [2.05, 4.69) is 4.98 Å². The number of aromatic nitrogens is 1.